The molecule has 1 aliphatic heterocycles. The van der Waals surface area contributed by atoms with E-state index < -0.39 is 12.1 Å². The van der Waals surface area contributed by atoms with E-state index in [0.29, 0.717) is 19.6 Å². The van der Waals surface area contributed by atoms with Gasteiger partial charge in [-0.2, -0.15) is 0 Å². The average molecular weight is 227 g/mol. The lowest BCUT2D eigenvalue weighted by Gasteiger charge is -2.21. The van der Waals surface area contributed by atoms with Crippen LogP contribution in [0.1, 0.15) is 19.8 Å². The molecule has 1 atom stereocenters. The number of amides is 1. The second-order valence-electron chi connectivity index (χ2n) is 3.47. The van der Waals surface area contributed by atoms with Gasteiger partial charge in [0.15, 0.2) is 0 Å². The molecule has 0 aromatic carbocycles. The van der Waals surface area contributed by atoms with Crippen LogP contribution in [0, 0.1) is 0 Å². The highest BCUT2D eigenvalue weighted by Gasteiger charge is 2.35. The van der Waals surface area contributed by atoms with Crippen LogP contribution in [0.5, 0.6) is 0 Å². The monoisotopic (exact) mass is 227 g/mol. The topological polar surface area (TPSA) is 55.8 Å². The summed E-state index contributed by atoms with van der Waals surface area (Å²) in [6.07, 6.45) is 2.46. The van der Waals surface area contributed by atoms with E-state index in [4.69, 9.17) is 9.47 Å². The van der Waals surface area contributed by atoms with Crippen molar-refractivity contribution >= 4 is 12.1 Å². The van der Waals surface area contributed by atoms with E-state index in [1.165, 1.54) is 11.0 Å². The SMILES string of the molecule is C=CCOC(=O)N1CCCC1C(=O)OCC. The molecule has 0 aliphatic carbocycles. The molecule has 1 rings (SSSR count). The fourth-order valence-corrected chi connectivity index (χ4v) is 1.68. The summed E-state index contributed by atoms with van der Waals surface area (Å²) in [7, 11) is 0. The molecule has 1 saturated heterocycles. The van der Waals surface area contributed by atoms with Crippen molar-refractivity contribution < 1.29 is 19.1 Å². The Morgan fingerprint density at radius 1 is 1.50 bits per heavy atom. The minimum absolute atomic E-state index is 0.158. The van der Waals surface area contributed by atoms with Crippen molar-refractivity contribution in [1.29, 1.82) is 0 Å². The third-order valence-corrected chi connectivity index (χ3v) is 2.37. The maximum Gasteiger partial charge on any atom is 0.410 e. The van der Waals surface area contributed by atoms with Crippen molar-refractivity contribution in [3.63, 3.8) is 0 Å². The lowest BCUT2D eigenvalue weighted by molar-refractivity contribution is -0.147. The van der Waals surface area contributed by atoms with Gasteiger partial charge in [-0.25, -0.2) is 9.59 Å². The van der Waals surface area contributed by atoms with E-state index in [0.717, 1.165) is 6.42 Å². The number of rotatable bonds is 4. The van der Waals surface area contributed by atoms with Gasteiger partial charge in [0.1, 0.15) is 12.6 Å². The molecular formula is C11H17NO4. The third kappa shape index (κ3) is 2.98. The molecule has 90 valence electrons. The van der Waals surface area contributed by atoms with E-state index in [-0.39, 0.29) is 12.6 Å². The predicted octanol–water partition coefficient (Wildman–Crippen LogP) is 1.34. The molecule has 16 heavy (non-hydrogen) atoms. The molecule has 1 fully saturated rings. The Morgan fingerprint density at radius 2 is 2.25 bits per heavy atom. The molecule has 0 aromatic heterocycles. The molecule has 1 amide bonds. The number of carbonyl (C=O) groups excluding carboxylic acids is 2. The van der Waals surface area contributed by atoms with Gasteiger partial charge in [-0.05, 0) is 19.8 Å². The number of carbonyl (C=O) groups is 2. The number of likely N-dealkylation sites (tertiary alicyclic amines) is 1. The van der Waals surface area contributed by atoms with Crippen molar-refractivity contribution in [2.75, 3.05) is 19.8 Å². The largest absolute Gasteiger partial charge is 0.464 e. The van der Waals surface area contributed by atoms with Gasteiger partial charge in [0, 0.05) is 6.54 Å². The second-order valence-corrected chi connectivity index (χ2v) is 3.47. The molecule has 1 heterocycles. The van der Waals surface area contributed by atoms with E-state index in [9.17, 15) is 9.59 Å². The standard InChI is InChI=1S/C11H17NO4/c1-3-8-16-11(14)12-7-5-6-9(12)10(13)15-4-2/h3,9H,1,4-8H2,2H3. The Hall–Kier alpha value is -1.52. The summed E-state index contributed by atoms with van der Waals surface area (Å²) >= 11 is 0. The van der Waals surface area contributed by atoms with Crippen LogP contribution in [0.25, 0.3) is 0 Å². The first-order chi connectivity index (χ1) is 7.70. The molecule has 0 spiro atoms. The summed E-state index contributed by atoms with van der Waals surface area (Å²) < 4.78 is 9.80. The van der Waals surface area contributed by atoms with Gasteiger partial charge in [0.25, 0.3) is 0 Å². The van der Waals surface area contributed by atoms with Gasteiger partial charge in [0.2, 0.25) is 0 Å². The van der Waals surface area contributed by atoms with Gasteiger partial charge < -0.3 is 9.47 Å². The first-order valence-electron chi connectivity index (χ1n) is 5.41. The first kappa shape index (κ1) is 12.5. The Bertz CT molecular complexity index is 277. The van der Waals surface area contributed by atoms with Gasteiger partial charge in [-0.3, -0.25) is 4.90 Å². The smallest absolute Gasteiger partial charge is 0.410 e. The summed E-state index contributed by atoms with van der Waals surface area (Å²) in [6, 6.07) is -0.489. The number of nitrogens with zero attached hydrogens (tertiary/aromatic N) is 1. The predicted molar refractivity (Wildman–Crippen MR) is 57.9 cm³/mol. The fourth-order valence-electron chi connectivity index (χ4n) is 1.68. The van der Waals surface area contributed by atoms with E-state index in [1.54, 1.807) is 6.92 Å². The molecular weight excluding hydrogens is 210 g/mol. The lowest BCUT2D eigenvalue weighted by atomic mass is 10.2. The van der Waals surface area contributed by atoms with Gasteiger partial charge in [0.05, 0.1) is 6.61 Å². The van der Waals surface area contributed by atoms with Crippen LogP contribution in [0.3, 0.4) is 0 Å². The van der Waals surface area contributed by atoms with Crippen molar-refractivity contribution in [3.05, 3.63) is 12.7 Å². The highest BCUT2D eigenvalue weighted by atomic mass is 16.6. The van der Waals surface area contributed by atoms with E-state index in [1.807, 2.05) is 0 Å². The molecule has 5 nitrogen and oxygen atoms in total. The van der Waals surface area contributed by atoms with Crippen LogP contribution in [-0.4, -0.2) is 42.8 Å². The molecule has 5 heteroatoms. The zero-order chi connectivity index (χ0) is 12.0. The quantitative estimate of drug-likeness (QED) is 0.537. The van der Waals surface area contributed by atoms with Crippen LogP contribution in [0.15, 0.2) is 12.7 Å². The van der Waals surface area contributed by atoms with Gasteiger partial charge >= 0.3 is 12.1 Å². The number of esters is 1. The number of hydrogen-bond donors (Lipinski definition) is 0. The van der Waals surface area contributed by atoms with Crippen LogP contribution in [0.4, 0.5) is 4.79 Å². The third-order valence-electron chi connectivity index (χ3n) is 2.37. The van der Waals surface area contributed by atoms with Crippen molar-refractivity contribution in [3.8, 4) is 0 Å². The zero-order valence-electron chi connectivity index (χ0n) is 9.48. The minimum atomic E-state index is -0.489. The summed E-state index contributed by atoms with van der Waals surface area (Å²) in [4.78, 5) is 24.5. The van der Waals surface area contributed by atoms with E-state index in [2.05, 4.69) is 6.58 Å². The molecule has 0 radical (unpaired) electrons. The maximum absolute atomic E-state index is 11.6. The first-order valence-corrected chi connectivity index (χ1v) is 5.41. The van der Waals surface area contributed by atoms with Crippen molar-refractivity contribution in [2.24, 2.45) is 0 Å². The minimum Gasteiger partial charge on any atom is -0.464 e. The molecule has 0 N–H and O–H groups in total. The molecule has 0 saturated carbocycles. The summed E-state index contributed by atoms with van der Waals surface area (Å²) in [6.45, 7) is 6.22. The Kier molecular flexibility index (Phi) is 4.82. The zero-order valence-corrected chi connectivity index (χ0v) is 9.48. The summed E-state index contributed by atoms with van der Waals surface area (Å²) in [5.41, 5.74) is 0. The fraction of sp³-hybridized carbons (Fsp3) is 0.636. The van der Waals surface area contributed by atoms with Crippen molar-refractivity contribution in [2.45, 2.75) is 25.8 Å². The Morgan fingerprint density at radius 3 is 2.88 bits per heavy atom. The lowest BCUT2D eigenvalue weighted by Crippen LogP contribution is -2.41. The highest BCUT2D eigenvalue weighted by molar-refractivity contribution is 5.82. The van der Waals surface area contributed by atoms with Gasteiger partial charge in [-0.1, -0.05) is 12.7 Å². The number of hydrogen-bond acceptors (Lipinski definition) is 4. The molecule has 1 unspecified atom stereocenters. The van der Waals surface area contributed by atoms with Crippen LogP contribution >= 0.6 is 0 Å². The normalized spacial score (nSPS) is 19.3. The van der Waals surface area contributed by atoms with Crippen molar-refractivity contribution in [1.82, 2.24) is 4.90 Å². The van der Waals surface area contributed by atoms with Crippen LogP contribution in [-0.2, 0) is 14.3 Å². The Labute approximate surface area is 95.0 Å². The maximum atomic E-state index is 11.6. The molecule has 1 aliphatic rings. The Balaban J connectivity index is 2.54. The average Bonchev–Trinajstić information content (AvgIpc) is 2.75. The van der Waals surface area contributed by atoms with Gasteiger partial charge in [-0.15, -0.1) is 0 Å². The second kappa shape index (κ2) is 6.15. The summed E-state index contributed by atoms with van der Waals surface area (Å²) in [5, 5.41) is 0. The van der Waals surface area contributed by atoms with Crippen LogP contribution in [0.2, 0.25) is 0 Å². The molecule has 0 bridgehead atoms. The van der Waals surface area contributed by atoms with Crippen LogP contribution < -0.4 is 0 Å². The number of ether oxygens (including phenoxy) is 2. The van der Waals surface area contributed by atoms with E-state index >= 15 is 0 Å². The highest BCUT2D eigenvalue weighted by Crippen LogP contribution is 2.19. The molecule has 0 aromatic rings. The summed E-state index contributed by atoms with van der Waals surface area (Å²) in [5.74, 6) is -0.351.